The first-order valence-electron chi connectivity index (χ1n) is 8.74. The minimum atomic E-state index is -1.81. The Morgan fingerprint density at radius 2 is 1.92 bits per heavy atom. The Hall–Kier alpha value is -1.12. The van der Waals surface area contributed by atoms with Crippen molar-refractivity contribution in [2.24, 2.45) is 5.92 Å². The first-order valence-corrected chi connectivity index (χ1v) is 11.7. The highest BCUT2D eigenvalue weighted by atomic mass is 28.4. The number of hydrogen-bond acceptors (Lipinski definition) is 4. The average Bonchev–Trinajstić information content (AvgIpc) is 2.90. The predicted octanol–water partition coefficient (Wildman–Crippen LogP) is 1.73. The zero-order valence-corrected chi connectivity index (χ0v) is 16.3. The second kappa shape index (κ2) is 5.71. The lowest BCUT2D eigenvalue weighted by atomic mass is 9.91. The number of carbonyl (C=O) groups is 2. The molecule has 8 heteroatoms. The molecule has 3 fully saturated rings. The third-order valence-electron chi connectivity index (χ3n) is 6.20. The van der Waals surface area contributed by atoms with E-state index in [1.54, 1.807) is 0 Å². The van der Waals surface area contributed by atoms with E-state index in [-0.39, 0.29) is 22.9 Å². The summed E-state index contributed by atoms with van der Waals surface area (Å²) in [7, 11) is -1.81. The number of urea groups is 1. The van der Waals surface area contributed by atoms with Crippen LogP contribution in [0.1, 0.15) is 27.2 Å². The van der Waals surface area contributed by atoms with Gasteiger partial charge in [-0.15, -0.1) is 0 Å². The van der Waals surface area contributed by atoms with E-state index in [1.165, 1.54) is 4.90 Å². The summed E-state index contributed by atoms with van der Waals surface area (Å²) in [5.41, 5.74) is 0. The number of hydrogen-bond donors (Lipinski definition) is 1. The Balaban J connectivity index is 1.59. The number of amides is 3. The number of carbonyl (C=O) groups excluding carboxylic acids is 2. The highest BCUT2D eigenvalue weighted by molar-refractivity contribution is 6.74. The van der Waals surface area contributed by atoms with Gasteiger partial charge in [-0.05, 0) is 24.6 Å². The lowest BCUT2D eigenvalue weighted by molar-refractivity contribution is -0.132. The van der Waals surface area contributed by atoms with Crippen LogP contribution < -0.4 is 0 Å². The molecular formula is C16H29N3O4Si. The van der Waals surface area contributed by atoms with Crippen LogP contribution in [-0.4, -0.2) is 78.7 Å². The summed E-state index contributed by atoms with van der Waals surface area (Å²) in [4.78, 5) is 28.1. The Bertz CT molecular complexity index is 548. The summed E-state index contributed by atoms with van der Waals surface area (Å²) in [6, 6.07) is -1.01. The summed E-state index contributed by atoms with van der Waals surface area (Å²) in [5, 5.41) is 10.7. The van der Waals surface area contributed by atoms with Gasteiger partial charge in [0.15, 0.2) is 8.32 Å². The van der Waals surface area contributed by atoms with Crippen LogP contribution in [0, 0.1) is 5.92 Å². The Morgan fingerprint density at radius 1 is 1.25 bits per heavy atom. The van der Waals surface area contributed by atoms with E-state index in [1.807, 2.05) is 4.90 Å². The van der Waals surface area contributed by atoms with E-state index in [0.717, 1.165) is 5.06 Å². The summed E-state index contributed by atoms with van der Waals surface area (Å²) >= 11 is 0. The van der Waals surface area contributed by atoms with E-state index in [2.05, 4.69) is 33.9 Å². The van der Waals surface area contributed by atoms with Crippen LogP contribution in [0.3, 0.4) is 0 Å². The van der Waals surface area contributed by atoms with Gasteiger partial charge in [0.2, 0.25) is 5.91 Å². The van der Waals surface area contributed by atoms with Gasteiger partial charge in [0.05, 0.1) is 12.6 Å². The molecule has 0 spiro atoms. The van der Waals surface area contributed by atoms with Crippen molar-refractivity contribution in [1.29, 1.82) is 0 Å². The molecule has 3 amide bonds. The molecule has 2 bridgehead atoms. The molecule has 0 saturated carbocycles. The fourth-order valence-corrected chi connectivity index (χ4v) is 4.74. The van der Waals surface area contributed by atoms with Crippen molar-refractivity contribution >= 4 is 20.3 Å². The molecule has 3 saturated heterocycles. The van der Waals surface area contributed by atoms with Crippen LogP contribution in [0.5, 0.6) is 0 Å². The molecule has 0 radical (unpaired) electrons. The average molecular weight is 356 g/mol. The van der Waals surface area contributed by atoms with Crippen molar-refractivity contribution in [3.63, 3.8) is 0 Å². The van der Waals surface area contributed by atoms with Gasteiger partial charge in [0.25, 0.3) is 0 Å². The monoisotopic (exact) mass is 355 g/mol. The summed E-state index contributed by atoms with van der Waals surface area (Å²) in [6.45, 7) is 13.2. The van der Waals surface area contributed by atoms with Crippen molar-refractivity contribution in [1.82, 2.24) is 14.9 Å². The van der Waals surface area contributed by atoms with Crippen molar-refractivity contribution in [2.45, 2.75) is 57.4 Å². The molecule has 3 rings (SSSR count). The maximum atomic E-state index is 12.7. The van der Waals surface area contributed by atoms with Crippen LogP contribution in [0.25, 0.3) is 0 Å². The standard InChI is InChI=1S/C16H29N3O4Si/c1-16(2,3)24(4,5)23-7-6-17-9-11-8-12-10-18(13(11)14(17)20)15(21)19(12)22/h11-13,22H,6-10H2,1-5H3/t11-,12+,13-/m0/s1. The molecule has 0 aromatic rings. The molecule has 0 aromatic carbocycles. The SMILES string of the molecule is CC(C)(C)[Si](C)(C)OCCN1C[C@@H]2C[C@@H]3CN(C(=O)N3O)[C@@H]2C1=O. The molecule has 136 valence electrons. The number of piperidine rings is 1. The largest absolute Gasteiger partial charge is 0.415 e. The topological polar surface area (TPSA) is 73.3 Å². The number of fused-ring (bicyclic) bond motifs is 4. The van der Waals surface area contributed by atoms with Crippen LogP contribution in [0.15, 0.2) is 0 Å². The minimum Gasteiger partial charge on any atom is -0.415 e. The van der Waals surface area contributed by atoms with Crippen molar-refractivity contribution in [2.75, 3.05) is 26.2 Å². The molecule has 0 aliphatic carbocycles. The normalized spacial score (nSPS) is 30.4. The van der Waals surface area contributed by atoms with Gasteiger partial charge in [0.1, 0.15) is 6.04 Å². The van der Waals surface area contributed by atoms with Crippen molar-refractivity contribution in [3.8, 4) is 0 Å². The Kier molecular flexibility index (Phi) is 4.21. The zero-order chi connectivity index (χ0) is 17.9. The number of hydroxylamine groups is 2. The first-order chi connectivity index (χ1) is 11.0. The molecule has 1 N–H and O–H groups in total. The lowest BCUT2D eigenvalue weighted by Crippen LogP contribution is -2.48. The van der Waals surface area contributed by atoms with Gasteiger partial charge in [-0.1, -0.05) is 20.8 Å². The molecule has 24 heavy (non-hydrogen) atoms. The second-order valence-electron chi connectivity index (χ2n) is 8.77. The van der Waals surface area contributed by atoms with Crippen LogP contribution in [0.4, 0.5) is 4.79 Å². The fourth-order valence-electron chi connectivity index (χ4n) is 3.71. The smallest absolute Gasteiger partial charge is 0.344 e. The third-order valence-corrected chi connectivity index (χ3v) is 10.7. The highest BCUT2D eigenvalue weighted by Gasteiger charge is 2.55. The quantitative estimate of drug-likeness (QED) is 0.616. The summed E-state index contributed by atoms with van der Waals surface area (Å²) in [5.74, 6) is 0.117. The van der Waals surface area contributed by atoms with Gasteiger partial charge in [-0.3, -0.25) is 10.0 Å². The Labute approximate surface area is 144 Å². The van der Waals surface area contributed by atoms with E-state index in [9.17, 15) is 14.8 Å². The molecule has 7 nitrogen and oxygen atoms in total. The van der Waals surface area contributed by atoms with Gasteiger partial charge in [-0.2, -0.15) is 0 Å². The molecular weight excluding hydrogens is 326 g/mol. The Morgan fingerprint density at radius 3 is 2.54 bits per heavy atom. The maximum absolute atomic E-state index is 12.7. The zero-order valence-electron chi connectivity index (χ0n) is 15.3. The van der Waals surface area contributed by atoms with Gasteiger partial charge in [-0.25, -0.2) is 9.86 Å². The summed E-state index contributed by atoms with van der Waals surface area (Å²) < 4.78 is 6.17. The second-order valence-corrected chi connectivity index (χ2v) is 13.6. The van der Waals surface area contributed by atoms with Crippen LogP contribution in [0.2, 0.25) is 18.1 Å². The van der Waals surface area contributed by atoms with Crippen LogP contribution in [-0.2, 0) is 9.22 Å². The van der Waals surface area contributed by atoms with Gasteiger partial charge < -0.3 is 14.2 Å². The van der Waals surface area contributed by atoms with E-state index < -0.39 is 20.4 Å². The fraction of sp³-hybridized carbons (Fsp3) is 0.875. The predicted molar refractivity (Wildman–Crippen MR) is 91.1 cm³/mol. The molecule has 3 atom stereocenters. The summed E-state index contributed by atoms with van der Waals surface area (Å²) in [6.07, 6.45) is 0.689. The lowest BCUT2D eigenvalue weighted by Gasteiger charge is -2.36. The molecule has 0 aromatic heterocycles. The van der Waals surface area contributed by atoms with Gasteiger partial charge in [0, 0.05) is 25.6 Å². The molecule has 0 unspecified atom stereocenters. The highest BCUT2D eigenvalue weighted by Crippen LogP contribution is 2.38. The van der Waals surface area contributed by atoms with E-state index in [4.69, 9.17) is 4.43 Å². The van der Waals surface area contributed by atoms with Crippen molar-refractivity contribution in [3.05, 3.63) is 0 Å². The minimum absolute atomic E-state index is 0.000862. The maximum Gasteiger partial charge on any atom is 0.344 e. The van der Waals surface area contributed by atoms with Crippen molar-refractivity contribution < 1.29 is 19.2 Å². The first kappa shape index (κ1) is 17.7. The third kappa shape index (κ3) is 2.74. The van der Waals surface area contributed by atoms with Gasteiger partial charge >= 0.3 is 6.03 Å². The van der Waals surface area contributed by atoms with Crippen LogP contribution >= 0.6 is 0 Å². The molecule has 3 aliphatic rings. The van der Waals surface area contributed by atoms with E-state index >= 15 is 0 Å². The number of rotatable bonds is 4. The molecule has 3 aliphatic heterocycles. The number of nitrogens with zero attached hydrogens (tertiary/aromatic N) is 3. The van der Waals surface area contributed by atoms with E-state index in [0.29, 0.717) is 32.7 Å². The number of likely N-dealkylation sites (tertiary alicyclic amines) is 1. The molecule has 3 heterocycles.